The fourth-order valence-electron chi connectivity index (χ4n) is 2.48. The third-order valence-electron chi connectivity index (χ3n) is 3.94. The molecule has 1 heterocycles. The third kappa shape index (κ3) is 2.84. The molecule has 2 atom stereocenters. The number of amides is 3. The summed E-state index contributed by atoms with van der Waals surface area (Å²) < 4.78 is 0. The van der Waals surface area contributed by atoms with Gasteiger partial charge in [0, 0.05) is 13.0 Å². The molecule has 3 amide bonds. The highest BCUT2D eigenvalue weighted by molar-refractivity contribution is 6.06. The quantitative estimate of drug-likeness (QED) is 0.839. The molecule has 1 fully saturated rings. The number of nitrogens with zero attached hydrogens (tertiary/aromatic N) is 1. The number of rotatable bonds is 5. The van der Waals surface area contributed by atoms with E-state index in [1.807, 2.05) is 37.3 Å². The molecule has 0 spiro atoms. The second kappa shape index (κ2) is 5.65. The average molecular weight is 274 g/mol. The number of imide groups is 1. The van der Waals surface area contributed by atoms with Crippen LogP contribution < -0.4 is 5.32 Å². The van der Waals surface area contributed by atoms with Crippen molar-refractivity contribution in [2.24, 2.45) is 5.92 Å². The van der Waals surface area contributed by atoms with E-state index in [9.17, 15) is 9.59 Å². The summed E-state index contributed by atoms with van der Waals surface area (Å²) in [5.74, 6) is 0.204. The van der Waals surface area contributed by atoms with Crippen LogP contribution in [0.25, 0.3) is 0 Å². The first-order valence-corrected chi connectivity index (χ1v) is 7.14. The molecule has 0 aliphatic carbocycles. The first-order valence-electron chi connectivity index (χ1n) is 7.14. The van der Waals surface area contributed by atoms with Gasteiger partial charge in [-0.25, -0.2) is 4.79 Å². The van der Waals surface area contributed by atoms with Gasteiger partial charge < -0.3 is 5.32 Å². The van der Waals surface area contributed by atoms with Crippen molar-refractivity contribution in [1.29, 1.82) is 0 Å². The summed E-state index contributed by atoms with van der Waals surface area (Å²) in [4.78, 5) is 25.9. The Labute approximate surface area is 120 Å². The number of carbonyl (C=O) groups is 2. The molecule has 1 saturated heterocycles. The molecule has 1 aliphatic heterocycles. The second-order valence-electron chi connectivity index (χ2n) is 5.85. The van der Waals surface area contributed by atoms with Gasteiger partial charge in [0.05, 0.1) is 0 Å². The van der Waals surface area contributed by atoms with Crippen molar-refractivity contribution in [3.05, 3.63) is 35.9 Å². The van der Waals surface area contributed by atoms with E-state index in [4.69, 9.17) is 0 Å². The minimum absolute atomic E-state index is 0.119. The van der Waals surface area contributed by atoms with Gasteiger partial charge in [-0.1, -0.05) is 50.6 Å². The first kappa shape index (κ1) is 14.6. The van der Waals surface area contributed by atoms with Crippen LogP contribution in [-0.2, 0) is 11.2 Å². The van der Waals surface area contributed by atoms with Crippen LogP contribution in [0.4, 0.5) is 4.79 Å². The number of nitrogens with one attached hydrogen (secondary N) is 1. The monoisotopic (exact) mass is 274 g/mol. The average Bonchev–Trinajstić information content (AvgIpc) is 2.63. The van der Waals surface area contributed by atoms with E-state index in [2.05, 4.69) is 12.2 Å². The summed E-state index contributed by atoms with van der Waals surface area (Å²) in [7, 11) is 0. The lowest BCUT2D eigenvalue weighted by Gasteiger charge is -2.22. The predicted octanol–water partition coefficient (Wildman–Crippen LogP) is 2.59. The zero-order valence-corrected chi connectivity index (χ0v) is 12.3. The molecule has 2 unspecified atom stereocenters. The molecule has 0 radical (unpaired) electrons. The van der Waals surface area contributed by atoms with Crippen molar-refractivity contribution in [3.63, 3.8) is 0 Å². The van der Waals surface area contributed by atoms with Crippen LogP contribution in [0.5, 0.6) is 0 Å². The van der Waals surface area contributed by atoms with Crippen molar-refractivity contribution >= 4 is 11.9 Å². The van der Waals surface area contributed by atoms with E-state index in [1.165, 1.54) is 4.90 Å². The van der Waals surface area contributed by atoms with Crippen LogP contribution in [0.15, 0.2) is 30.3 Å². The molecule has 20 heavy (non-hydrogen) atoms. The van der Waals surface area contributed by atoms with E-state index < -0.39 is 5.54 Å². The number of urea groups is 1. The largest absolute Gasteiger partial charge is 0.325 e. The second-order valence-corrected chi connectivity index (χ2v) is 5.85. The lowest BCUT2D eigenvalue weighted by molar-refractivity contribution is -0.131. The Morgan fingerprint density at radius 1 is 1.25 bits per heavy atom. The van der Waals surface area contributed by atoms with Crippen LogP contribution in [0.3, 0.4) is 0 Å². The molecule has 0 bridgehead atoms. The number of hydrogen-bond donors (Lipinski definition) is 1. The fraction of sp³-hybridized carbons (Fsp3) is 0.500. The zero-order chi connectivity index (χ0) is 14.8. The highest BCUT2D eigenvalue weighted by atomic mass is 16.2. The van der Waals surface area contributed by atoms with Crippen LogP contribution >= 0.6 is 0 Å². The normalized spacial score (nSPS) is 23.9. The summed E-state index contributed by atoms with van der Waals surface area (Å²) in [5, 5.41) is 2.85. The van der Waals surface area contributed by atoms with Gasteiger partial charge >= 0.3 is 6.03 Å². The van der Waals surface area contributed by atoms with Gasteiger partial charge in [-0.2, -0.15) is 0 Å². The van der Waals surface area contributed by atoms with E-state index >= 15 is 0 Å². The number of benzene rings is 1. The Balaban J connectivity index is 2.13. The Bertz CT molecular complexity index is 500. The Morgan fingerprint density at radius 3 is 2.50 bits per heavy atom. The maximum atomic E-state index is 12.5. The summed E-state index contributed by atoms with van der Waals surface area (Å²) >= 11 is 0. The lowest BCUT2D eigenvalue weighted by Crippen LogP contribution is -2.46. The zero-order valence-electron chi connectivity index (χ0n) is 12.3. The summed E-state index contributed by atoms with van der Waals surface area (Å²) in [5.41, 5.74) is 0.223. The van der Waals surface area contributed by atoms with E-state index in [0.29, 0.717) is 18.9 Å². The molecular formula is C16H22N2O2. The van der Waals surface area contributed by atoms with E-state index in [-0.39, 0.29) is 11.9 Å². The SMILES string of the molecule is CCC(C)CN1C(=O)NC(C)(Cc2ccccc2)C1=O. The van der Waals surface area contributed by atoms with Gasteiger partial charge in [0.1, 0.15) is 5.54 Å². The predicted molar refractivity (Wildman–Crippen MR) is 78.3 cm³/mol. The molecule has 4 nitrogen and oxygen atoms in total. The van der Waals surface area contributed by atoms with Gasteiger partial charge in [0.15, 0.2) is 0 Å². The van der Waals surface area contributed by atoms with Crippen molar-refractivity contribution < 1.29 is 9.59 Å². The minimum atomic E-state index is -0.827. The molecule has 0 aromatic heterocycles. The fourth-order valence-corrected chi connectivity index (χ4v) is 2.48. The molecule has 2 rings (SSSR count). The molecule has 1 aliphatic rings. The standard InChI is InChI=1S/C16H22N2O2/c1-4-12(2)11-18-14(19)16(3,17-15(18)20)10-13-8-6-5-7-9-13/h5-9,12H,4,10-11H2,1-3H3,(H,17,20). The number of hydrogen-bond acceptors (Lipinski definition) is 2. The maximum Gasteiger partial charge on any atom is 0.325 e. The molecule has 4 heteroatoms. The lowest BCUT2D eigenvalue weighted by atomic mass is 9.92. The Morgan fingerprint density at radius 2 is 1.90 bits per heavy atom. The highest BCUT2D eigenvalue weighted by Gasteiger charge is 2.47. The summed E-state index contributed by atoms with van der Waals surface area (Å²) in [6, 6.07) is 9.50. The van der Waals surface area contributed by atoms with Crippen molar-refractivity contribution in [3.8, 4) is 0 Å². The topological polar surface area (TPSA) is 49.4 Å². The van der Waals surface area contributed by atoms with Gasteiger partial charge in [0.2, 0.25) is 0 Å². The van der Waals surface area contributed by atoms with Gasteiger partial charge in [-0.3, -0.25) is 9.69 Å². The van der Waals surface area contributed by atoms with Gasteiger partial charge in [-0.05, 0) is 18.4 Å². The third-order valence-corrected chi connectivity index (χ3v) is 3.94. The summed E-state index contributed by atoms with van der Waals surface area (Å²) in [6.07, 6.45) is 1.47. The molecule has 108 valence electrons. The van der Waals surface area contributed by atoms with Crippen molar-refractivity contribution in [1.82, 2.24) is 10.2 Å². The highest BCUT2D eigenvalue weighted by Crippen LogP contribution is 2.23. The molecule has 1 N–H and O–H groups in total. The molecule has 1 aromatic rings. The smallest absolute Gasteiger partial charge is 0.323 e. The van der Waals surface area contributed by atoms with Crippen molar-refractivity contribution in [2.45, 2.75) is 39.2 Å². The molecule has 0 saturated carbocycles. The van der Waals surface area contributed by atoms with Crippen LogP contribution in [-0.4, -0.2) is 28.9 Å². The Kier molecular flexibility index (Phi) is 4.12. The molecular weight excluding hydrogens is 252 g/mol. The van der Waals surface area contributed by atoms with Gasteiger partial charge in [0.25, 0.3) is 5.91 Å². The Hall–Kier alpha value is -1.84. The van der Waals surface area contributed by atoms with E-state index in [1.54, 1.807) is 6.92 Å². The van der Waals surface area contributed by atoms with E-state index in [0.717, 1.165) is 12.0 Å². The van der Waals surface area contributed by atoms with Crippen molar-refractivity contribution in [2.75, 3.05) is 6.54 Å². The maximum absolute atomic E-state index is 12.5. The summed E-state index contributed by atoms with van der Waals surface area (Å²) in [6.45, 7) is 6.40. The molecule has 1 aromatic carbocycles. The minimum Gasteiger partial charge on any atom is -0.323 e. The van der Waals surface area contributed by atoms with Crippen LogP contribution in [0.2, 0.25) is 0 Å². The van der Waals surface area contributed by atoms with Crippen LogP contribution in [0.1, 0.15) is 32.8 Å². The van der Waals surface area contributed by atoms with Crippen LogP contribution in [0, 0.1) is 5.92 Å². The van der Waals surface area contributed by atoms with Gasteiger partial charge in [-0.15, -0.1) is 0 Å². The number of carbonyl (C=O) groups excluding carboxylic acids is 2. The first-order chi connectivity index (χ1) is 9.46.